The molecule has 0 saturated carbocycles. The Hall–Kier alpha value is -2.44. The molecule has 1 aliphatic rings. The first-order chi connectivity index (χ1) is 14.3. The Labute approximate surface area is 186 Å². The van der Waals surface area contributed by atoms with Crippen LogP contribution in [0.1, 0.15) is 21.3 Å². The molecule has 3 rings (SSSR count). The van der Waals surface area contributed by atoms with Crippen molar-refractivity contribution in [3.63, 3.8) is 0 Å². The summed E-state index contributed by atoms with van der Waals surface area (Å²) in [6.07, 6.45) is -0.591. The summed E-state index contributed by atoms with van der Waals surface area (Å²) < 4.78 is 66.4. The van der Waals surface area contributed by atoms with Crippen LogP contribution in [0.15, 0.2) is 36.7 Å². The first-order valence-electron chi connectivity index (χ1n) is 9.41. The lowest BCUT2D eigenvalue weighted by atomic mass is 10.1. The van der Waals surface area contributed by atoms with Gasteiger partial charge in [-0.15, -0.1) is 13.2 Å². The molecule has 1 fully saturated rings. The third-order valence-corrected chi connectivity index (χ3v) is 4.39. The minimum Gasteiger partial charge on any atom is -0.406 e. The fraction of sp³-hybridized carbons (Fsp3) is 0.500. The van der Waals surface area contributed by atoms with Gasteiger partial charge in [-0.1, -0.05) is 19.6 Å². The maximum Gasteiger partial charge on any atom is 0.573 e. The predicted molar refractivity (Wildman–Crippen MR) is 117 cm³/mol. The number of nitrogens with zero attached hydrogens (tertiary/aromatic N) is 4. The number of piperazine rings is 1. The molecule has 0 aliphatic carbocycles. The van der Waals surface area contributed by atoms with Gasteiger partial charge in [0.1, 0.15) is 5.75 Å². The number of aromatic nitrogens is 2. The van der Waals surface area contributed by atoms with Crippen LogP contribution in [0.25, 0.3) is 11.1 Å². The summed E-state index contributed by atoms with van der Waals surface area (Å²) >= 11 is 0. The van der Waals surface area contributed by atoms with Crippen molar-refractivity contribution in [2.75, 3.05) is 37.3 Å². The van der Waals surface area contributed by atoms with Gasteiger partial charge in [0.15, 0.2) is 0 Å². The largest absolute Gasteiger partial charge is 0.573 e. The van der Waals surface area contributed by atoms with Crippen molar-refractivity contribution in [1.29, 1.82) is 0 Å². The van der Waals surface area contributed by atoms with Crippen molar-refractivity contribution in [2.45, 2.75) is 33.7 Å². The highest BCUT2D eigenvalue weighted by Crippen LogP contribution is 2.26. The lowest BCUT2D eigenvalue weighted by Crippen LogP contribution is -2.49. The van der Waals surface area contributed by atoms with Gasteiger partial charge in [-0.25, -0.2) is 9.97 Å². The Morgan fingerprint density at radius 2 is 1.47 bits per heavy atom. The van der Waals surface area contributed by atoms with Crippen LogP contribution >= 0.6 is 0 Å². The van der Waals surface area contributed by atoms with E-state index >= 15 is 0 Å². The molecule has 2 heterocycles. The van der Waals surface area contributed by atoms with Gasteiger partial charge in [-0.2, -0.15) is 8.42 Å². The molecule has 0 atom stereocenters. The first-order valence-corrected chi connectivity index (χ1v) is 11.3. The van der Waals surface area contributed by atoms with E-state index in [1.165, 1.54) is 12.1 Å². The Balaban J connectivity index is 0.000000770. The average molecular weight is 479 g/mol. The van der Waals surface area contributed by atoms with Crippen molar-refractivity contribution < 1.29 is 30.9 Å². The van der Waals surface area contributed by atoms with E-state index in [1.807, 2.05) is 0 Å². The summed E-state index contributed by atoms with van der Waals surface area (Å²) in [5.41, 5.74) is 1.48. The van der Waals surface area contributed by atoms with Crippen LogP contribution in [0, 0.1) is 0 Å². The molecule has 1 aromatic heterocycles. The van der Waals surface area contributed by atoms with Crippen molar-refractivity contribution in [1.82, 2.24) is 14.9 Å². The smallest absolute Gasteiger partial charge is 0.406 e. The Morgan fingerprint density at radius 1 is 1.00 bits per heavy atom. The topological polar surface area (TPSA) is 95.9 Å². The average Bonchev–Trinajstić information content (AvgIpc) is 2.66. The van der Waals surface area contributed by atoms with Crippen molar-refractivity contribution in [3.05, 3.63) is 36.7 Å². The molecular weight excluding hydrogens is 449 g/mol. The maximum absolute atomic E-state index is 12.2. The minimum atomic E-state index is -4.69. The molecule has 0 spiro atoms. The second-order valence-electron chi connectivity index (χ2n) is 7.19. The van der Waals surface area contributed by atoms with Crippen LogP contribution in [-0.4, -0.2) is 72.7 Å². The third kappa shape index (κ3) is 9.79. The number of anilines is 1. The van der Waals surface area contributed by atoms with Crippen LogP contribution in [0.5, 0.6) is 5.75 Å². The quantitative estimate of drug-likeness (QED) is 0.665. The van der Waals surface area contributed by atoms with Gasteiger partial charge in [0.25, 0.3) is 10.1 Å². The van der Waals surface area contributed by atoms with E-state index < -0.39 is 16.5 Å². The third-order valence-electron chi connectivity index (χ3n) is 4.39. The molecule has 1 N–H and O–H groups in total. The van der Waals surface area contributed by atoms with Crippen LogP contribution in [0.4, 0.5) is 19.1 Å². The first kappa shape index (κ1) is 27.6. The summed E-state index contributed by atoms with van der Waals surface area (Å²) in [6, 6.07) is 6.20. The van der Waals surface area contributed by atoms with Crippen molar-refractivity contribution in [2.24, 2.45) is 0 Å². The van der Waals surface area contributed by atoms with Crippen LogP contribution in [-0.2, 0) is 10.1 Å². The number of halogens is 3. The standard InChI is InChI=1S/C18H21F3N4O.CH4O3S.CH4/c1-13(2)24-7-9-25(10-8-24)17-22-11-15(12-23-17)14-3-5-16(6-4-14)26-18(19,20)21;1-5(2,3)4;/h3-6,11-13H,7-10H2,1-2H3;1H3,(H,2,3,4);1H4. The van der Waals surface area contributed by atoms with Crippen molar-refractivity contribution in [3.8, 4) is 16.9 Å². The number of rotatable bonds is 4. The molecule has 0 amide bonds. The molecule has 180 valence electrons. The number of hydrogen-bond donors (Lipinski definition) is 1. The number of benzene rings is 1. The lowest BCUT2D eigenvalue weighted by molar-refractivity contribution is -0.274. The minimum absolute atomic E-state index is 0. The second-order valence-corrected chi connectivity index (χ2v) is 8.66. The second kappa shape index (κ2) is 11.4. The monoisotopic (exact) mass is 478 g/mol. The van der Waals surface area contributed by atoms with E-state index in [9.17, 15) is 21.6 Å². The number of alkyl halides is 3. The Bertz CT molecular complexity index is 921. The molecule has 8 nitrogen and oxygen atoms in total. The van der Waals surface area contributed by atoms with Crippen LogP contribution in [0.2, 0.25) is 0 Å². The molecule has 0 unspecified atom stereocenters. The van der Waals surface area contributed by atoms with Gasteiger partial charge in [-0.3, -0.25) is 9.45 Å². The van der Waals surface area contributed by atoms with Gasteiger partial charge in [0.2, 0.25) is 5.95 Å². The van der Waals surface area contributed by atoms with Gasteiger partial charge >= 0.3 is 6.36 Å². The van der Waals surface area contributed by atoms with E-state index in [2.05, 4.69) is 38.4 Å². The highest BCUT2D eigenvalue weighted by Gasteiger charge is 2.31. The van der Waals surface area contributed by atoms with E-state index in [0.29, 0.717) is 18.2 Å². The molecule has 1 aliphatic heterocycles. The summed E-state index contributed by atoms with van der Waals surface area (Å²) in [4.78, 5) is 13.4. The predicted octanol–water partition coefficient (Wildman–Crippen LogP) is 3.71. The van der Waals surface area contributed by atoms with Gasteiger partial charge < -0.3 is 9.64 Å². The van der Waals surface area contributed by atoms with Gasteiger partial charge in [0.05, 0.1) is 6.26 Å². The fourth-order valence-electron chi connectivity index (χ4n) is 2.92. The molecule has 32 heavy (non-hydrogen) atoms. The fourth-order valence-corrected chi connectivity index (χ4v) is 2.92. The summed E-state index contributed by atoms with van der Waals surface area (Å²) in [6.45, 7) is 8.08. The zero-order chi connectivity index (χ0) is 23.2. The normalized spacial score (nSPS) is 14.9. The van der Waals surface area contributed by atoms with Gasteiger partial charge in [0, 0.05) is 50.2 Å². The van der Waals surface area contributed by atoms with E-state index in [1.54, 1.807) is 24.5 Å². The molecule has 12 heteroatoms. The molecular formula is C20H29F3N4O4S. The molecule has 0 radical (unpaired) electrons. The summed E-state index contributed by atoms with van der Waals surface area (Å²) in [5.74, 6) is 0.427. The SMILES string of the molecule is C.CC(C)N1CCN(c2ncc(-c3ccc(OC(F)(F)F)cc3)cn2)CC1.CS(=O)(=O)O. The zero-order valence-electron chi connectivity index (χ0n) is 17.4. The zero-order valence-corrected chi connectivity index (χ0v) is 18.2. The summed E-state index contributed by atoms with van der Waals surface area (Å²) in [5, 5.41) is 0. The highest BCUT2D eigenvalue weighted by atomic mass is 32.2. The number of ether oxygens (including phenoxy) is 1. The molecule has 1 saturated heterocycles. The summed E-state index contributed by atoms with van der Waals surface area (Å²) in [7, 11) is -3.67. The molecule has 2 aromatic rings. The van der Waals surface area contributed by atoms with E-state index in [0.717, 1.165) is 37.3 Å². The van der Waals surface area contributed by atoms with Crippen LogP contribution in [0.3, 0.4) is 0 Å². The highest BCUT2D eigenvalue weighted by molar-refractivity contribution is 7.85. The lowest BCUT2D eigenvalue weighted by Gasteiger charge is -2.36. The maximum atomic E-state index is 12.2. The Kier molecular flexibility index (Phi) is 9.86. The van der Waals surface area contributed by atoms with Gasteiger partial charge in [-0.05, 0) is 31.5 Å². The number of hydrogen-bond acceptors (Lipinski definition) is 7. The molecule has 0 bridgehead atoms. The van der Waals surface area contributed by atoms with Crippen molar-refractivity contribution >= 4 is 16.1 Å². The van der Waals surface area contributed by atoms with E-state index in [-0.39, 0.29) is 13.2 Å². The Morgan fingerprint density at radius 3 is 1.88 bits per heavy atom. The van der Waals surface area contributed by atoms with Crippen LogP contribution < -0.4 is 9.64 Å². The van der Waals surface area contributed by atoms with E-state index in [4.69, 9.17) is 4.55 Å². The molecule has 1 aromatic carbocycles.